The van der Waals surface area contributed by atoms with Crippen LogP contribution < -0.4 is 4.72 Å². The molecule has 2 heterocycles. The molecule has 0 bridgehead atoms. The third-order valence-electron chi connectivity index (χ3n) is 5.12. The second-order valence-electron chi connectivity index (χ2n) is 7.61. The first-order valence-corrected chi connectivity index (χ1v) is 12.2. The van der Waals surface area contributed by atoms with E-state index in [2.05, 4.69) is 19.9 Å². The molecule has 4 rings (SSSR count). The van der Waals surface area contributed by atoms with Gasteiger partial charge in [-0.1, -0.05) is 18.6 Å². The topological polar surface area (TPSA) is 167 Å². The molecule has 0 spiro atoms. The highest BCUT2D eigenvalue weighted by Crippen LogP contribution is 2.23. The number of fused-ring (bicyclic) bond motifs is 1. The number of esters is 1. The van der Waals surface area contributed by atoms with Gasteiger partial charge in [0.15, 0.2) is 6.61 Å². The molecular formula is C22H21N5O7S. The highest BCUT2D eigenvalue weighted by atomic mass is 32.2. The van der Waals surface area contributed by atoms with Crippen LogP contribution in [0.15, 0.2) is 62.8 Å². The van der Waals surface area contributed by atoms with Crippen molar-refractivity contribution in [3.63, 3.8) is 0 Å². The van der Waals surface area contributed by atoms with Crippen LogP contribution in [0.1, 0.15) is 37.1 Å². The fourth-order valence-electron chi connectivity index (χ4n) is 3.37. The van der Waals surface area contributed by atoms with Gasteiger partial charge in [0.2, 0.25) is 5.89 Å². The molecule has 1 aliphatic rings. The van der Waals surface area contributed by atoms with E-state index in [4.69, 9.17) is 9.15 Å². The molecule has 3 aromatic rings. The number of benzene rings is 2. The number of unbranched alkanes of at least 4 members (excludes halogenated alkanes) is 2. The molecule has 0 fully saturated rings. The molecule has 0 amide bonds. The van der Waals surface area contributed by atoms with Crippen molar-refractivity contribution in [1.82, 2.24) is 14.9 Å². The molecule has 12 nitrogen and oxygen atoms in total. The Morgan fingerprint density at radius 1 is 1.09 bits per heavy atom. The van der Waals surface area contributed by atoms with Crippen LogP contribution in [0.5, 0.6) is 0 Å². The summed E-state index contributed by atoms with van der Waals surface area (Å²) in [4.78, 5) is 26.7. The van der Waals surface area contributed by atoms with Crippen molar-refractivity contribution >= 4 is 27.5 Å². The van der Waals surface area contributed by atoms with E-state index in [1.165, 1.54) is 30.3 Å². The second kappa shape index (κ2) is 10.4. The van der Waals surface area contributed by atoms with E-state index in [-0.39, 0.29) is 35.4 Å². The van der Waals surface area contributed by atoms with Gasteiger partial charge >= 0.3 is 5.97 Å². The van der Waals surface area contributed by atoms with Crippen LogP contribution in [0.25, 0.3) is 11.5 Å². The first-order valence-electron chi connectivity index (χ1n) is 10.7. The number of nitro groups is 1. The second-order valence-corrected chi connectivity index (χ2v) is 9.26. The molecule has 0 aliphatic carbocycles. The zero-order chi connectivity index (χ0) is 24.8. The summed E-state index contributed by atoms with van der Waals surface area (Å²) in [5.74, 6) is 0.207. The van der Waals surface area contributed by atoms with Gasteiger partial charge in [-0.25, -0.2) is 8.42 Å². The van der Waals surface area contributed by atoms with Crippen LogP contribution in [0.2, 0.25) is 0 Å². The van der Waals surface area contributed by atoms with E-state index < -0.39 is 20.9 Å². The zero-order valence-electron chi connectivity index (χ0n) is 18.4. The number of rotatable bonds is 10. The molecule has 2 aromatic carbocycles. The number of amidine groups is 1. The van der Waals surface area contributed by atoms with E-state index in [1.54, 1.807) is 18.2 Å². The van der Waals surface area contributed by atoms with Crippen LogP contribution in [0.3, 0.4) is 0 Å². The lowest BCUT2D eigenvalue weighted by molar-refractivity contribution is -0.384. The molecule has 182 valence electrons. The summed E-state index contributed by atoms with van der Waals surface area (Å²) in [5.41, 5.74) is 1.02. The number of nitro benzene ring substituents is 1. The van der Waals surface area contributed by atoms with Crippen LogP contribution in [0, 0.1) is 10.1 Å². The van der Waals surface area contributed by atoms with Crippen LogP contribution in [-0.2, 0) is 26.2 Å². The lowest BCUT2D eigenvalue weighted by atomic mass is 10.2. The van der Waals surface area contributed by atoms with Gasteiger partial charge in [0.1, 0.15) is 5.84 Å². The number of carbonyl (C=O) groups excluding carboxylic acids is 1. The molecular weight excluding hydrogens is 478 g/mol. The molecule has 1 aromatic heterocycles. The Morgan fingerprint density at radius 2 is 1.86 bits per heavy atom. The lowest BCUT2D eigenvalue weighted by Crippen LogP contribution is -2.22. The van der Waals surface area contributed by atoms with E-state index in [9.17, 15) is 23.3 Å². The number of sulfonamides is 1. The van der Waals surface area contributed by atoms with Crippen molar-refractivity contribution in [2.24, 2.45) is 4.99 Å². The third kappa shape index (κ3) is 5.87. The summed E-state index contributed by atoms with van der Waals surface area (Å²) < 4.78 is 37.2. The minimum Gasteiger partial charge on any atom is -0.456 e. The van der Waals surface area contributed by atoms with E-state index in [1.807, 2.05) is 0 Å². The summed E-state index contributed by atoms with van der Waals surface area (Å²) in [6, 6.07) is 12.3. The maximum absolute atomic E-state index is 12.1. The molecule has 0 radical (unpaired) electrons. The van der Waals surface area contributed by atoms with Gasteiger partial charge in [-0.2, -0.15) is 0 Å². The van der Waals surface area contributed by atoms with Gasteiger partial charge in [0.25, 0.3) is 21.6 Å². The van der Waals surface area contributed by atoms with Crippen LogP contribution >= 0.6 is 0 Å². The number of aliphatic imine (C=N–C) groups is 1. The van der Waals surface area contributed by atoms with Crippen molar-refractivity contribution < 1.29 is 27.3 Å². The van der Waals surface area contributed by atoms with Gasteiger partial charge in [-0.05, 0) is 37.1 Å². The average Bonchev–Trinajstić information content (AvgIpc) is 3.42. The first-order chi connectivity index (χ1) is 16.8. The Morgan fingerprint density at radius 3 is 2.63 bits per heavy atom. The summed E-state index contributed by atoms with van der Waals surface area (Å²) in [5, 5.41) is 18.4. The average molecular weight is 500 g/mol. The van der Waals surface area contributed by atoms with E-state index in [0.717, 1.165) is 0 Å². The molecule has 0 saturated heterocycles. The molecule has 0 unspecified atom stereocenters. The number of nitrogens with zero attached hydrogens (tertiary/aromatic N) is 4. The number of ether oxygens (including phenoxy) is 1. The number of non-ortho nitro benzene ring substituents is 1. The van der Waals surface area contributed by atoms with Crippen molar-refractivity contribution in [3.8, 4) is 11.5 Å². The van der Waals surface area contributed by atoms with Gasteiger partial charge in [-0.3, -0.25) is 24.6 Å². The number of nitrogens with one attached hydrogen (secondary N) is 1. The quantitative estimate of drug-likeness (QED) is 0.191. The Labute approximate surface area is 200 Å². The minimum absolute atomic E-state index is 0.0525. The van der Waals surface area contributed by atoms with Crippen molar-refractivity contribution in [1.29, 1.82) is 0 Å². The smallest absolute Gasteiger partial charge is 0.306 e. The molecule has 13 heteroatoms. The summed E-state index contributed by atoms with van der Waals surface area (Å²) >= 11 is 0. The molecule has 1 aliphatic heterocycles. The molecule has 1 N–H and O–H groups in total. The van der Waals surface area contributed by atoms with Crippen molar-refractivity contribution in [2.75, 3.05) is 6.54 Å². The molecule has 0 atom stereocenters. The zero-order valence-corrected chi connectivity index (χ0v) is 19.2. The fourth-order valence-corrected chi connectivity index (χ4v) is 4.62. The predicted molar refractivity (Wildman–Crippen MR) is 123 cm³/mol. The maximum Gasteiger partial charge on any atom is 0.306 e. The highest BCUT2D eigenvalue weighted by Gasteiger charge is 2.29. The molecule has 35 heavy (non-hydrogen) atoms. The molecule has 0 saturated carbocycles. The number of hydrogen-bond acceptors (Lipinski definition) is 10. The standard InChI is InChI=1S/C22H21N5O7S/c28-20(33-14-19-24-25-22(34-19)15-9-11-16(12-10-15)27(29)30)8-2-1-5-13-23-21-17-6-3-4-7-18(17)35(31,32)26-21/h3-4,6-7,9-12H,1-2,5,8,13-14H2,(H,23,26). The Kier molecular flexibility index (Phi) is 7.15. The van der Waals surface area contributed by atoms with Gasteiger partial charge in [0.05, 0.1) is 9.82 Å². The monoisotopic (exact) mass is 499 g/mol. The largest absolute Gasteiger partial charge is 0.456 e. The summed E-state index contributed by atoms with van der Waals surface area (Å²) in [6.45, 7) is 0.251. The normalized spacial score (nSPS) is 14.9. The Balaban J connectivity index is 1.16. The van der Waals surface area contributed by atoms with E-state index in [0.29, 0.717) is 42.8 Å². The summed E-state index contributed by atoms with van der Waals surface area (Å²) in [7, 11) is -3.55. The van der Waals surface area contributed by atoms with Crippen molar-refractivity contribution in [2.45, 2.75) is 37.2 Å². The maximum atomic E-state index is 12.1. The summed E-state index contributed by atoms with van der Waals surface area (Å²) in [6.07, 6.45) is 2.19. The number of carbonyl (C=O) groups is 1. The Bertz CT molecular complexity index is 1370. The predicted octanol–water partition coefficient (Wildman–Crippen LogP) is 2.99. The van der Waals surface area contributed by atoms with Crippen LogP contribution in [-0.4, -0.2) is 41.9 Å². The Hall–Kier alpha value is -4.13. The van der Waals surface area contributed by atoms with E-state index >= 15 is 0 Å². The van der Waals surface area contributed by atoms with Crippen molar-refractivity contribution in [3.05, 3.63) is 70.1 Å². The highest BCUT2D eigenvalue weighted by molar-refractivity contribution is 7.90. The van der Waals surface area contributed by atoms with Gasteiger partial charge < -0.3 is 9.15 Å². The lowest BCUT2D eigenvalue weighted by Gasteiger charge is -2.02. The number of aromatic nitrogens is 2. The SMILES string of the molecule is O=C(CCCCCN=C1NS(=O)(=O)c2ccccc21)OCc1nnc(-c2ccc([N+](=O)[O-])cc2)o1. The minimum atomic E-state index is -3.55. The number of hydrogen-bond donors (Lipinski definition) is 1. The van der Waals surface area contributed by atoms with Gasteiger partial charge in [-0.15, -0.1) is 10.2 Å². The van der Waals surface area contributed by atoms with Crippen LogP contribution in [0.4, 0.5) is 5.69 Å². The third-order valence-corrected chi connectivity index (χ3v) is 6.52. The van der Waals surface area contributed by atoms with Gasteiger partial charge in [0, 0.05) is 36.2 Å². The first kappa shape index (κ1) is 24.0. The fraction of sp³-hybridized carbons (Fsp3) is 0.273.